The molecule has 0 atom stereocenters. The molecule has 176 valence electrons. The fourth-order valence-corrected chi connectivity index (χ4v) is 5.89. The maximum Gasteiger partial charge on any atom is 0.226 e. The molecule has 7 nitrogen and oxygen atoms in total. The molecule has 2 aromatic rings. The Labute approximate surface area is 199 Å². The van der Waals surface area contributed by atoms with Gasteiger partial charge in [0.2, 0.25) is 5.91 Å². The normalized spacial score (nSPS) is 16.6. The summed E-state index contributed by atoms with van der Waals surface area (Å²) >= 11 is 1.59. The average molecular weight is 469 g/mol. The molecule has 1 N–H and O–H groups in total. The van der Waals surface area contributed by atoms with Crippen molar-refractivity contribution in [2.75, 3.05) is 52.3 Å². The van der Waals surface area contributed by atoms with Crippen molar-refractivity contribution in [3.8, 4) is 17.6 Å². The van der Waals surface area contributed by atoms with Crippen LogP contribution in [0.2, 0.25) is 0 Å². The van der Waals surface area contributed by atoms with Gasteiger partial charge in [0.1, 0.15) is 22.6 Å². The summed E-state index contributed by atoms with van der Waals surface area (Å²) in [7, 11) is 3.37. The highest BCUT2D eigenvalue weighted by atomic mass is 32.1. The molecule has 0 spiro atoms. The van der Waals surface area contributed by atoms with Crippen molar-refractivity contribution in [1.82, 2.24) is 9.80 Å². The summed E-state index contributed by atoms with van der Waals surface area (Å²) in [4.78, 5) is 18.6. The number of rotatable bonds is 8. The summed E-state index contributed by atoms with van der Waals surface area (Å²) in [6.45, 7) is 5.28. The number of hydrogen-bond acceptors (Lipinski definition) is 7. The van der Waals surface area contributed by atoms with Crippen molar-refractivity contribution in [1.29, 1.82) is 5.26 Å². The molecule has 33 heavy (non-hydrogen) atoms. The third-order valence-electron chi connectivity index (χ3n) is 6.54. The largest absolute Gasteiger partial charge is 0.497 e. The number of anilines is 1. The number of nitrogens with one attached hydrogen (secondary N) is 1. The zero-order valence-electron chi connectivity index (χ0n) is 19.5. The van der Waals surface area contributed by atoms with Crippen LogP contribution < -0.4 is 14.8 Å². The van der Waals surface area contributed by atoms with Crippen LogP contribution in [0.3, 0.4) is 0 Å². The van der Waals surface area contributed by atoms with Gasteiger partial charge in [-0.15, -0.1) is 11.3 Å². The molecule has 1 saturated heterocycles. The van der Waals surface area contributed by atoms with Crippen molar-refractivity contribution in [3.05, 3.63) is 39.8 Å². The molecule has 0 unspecified atom stereocenters. The molecule has 8 heteroatoms. The monoisotopic (exact) mass is 468 g/mol. The molecular formula is C25H32N4O3S. The van der Waals surface area contributed by atoms with Crippen LogP contribution >= 0.6 is 11.3 Å². The van der Waals surface area contributed by atoms with Crippen LogP contribution in [0.5, 0.6) is 11.5 Å². The number of aryl methyl sites for hydroxylation is 1. The zero-order chi connectivity index (χ0) is 23.2. The summed E-state index contributed by atoms with van der Waals surface area (Å²) in [5.41, 5.74) is 2.97. The maximum absolute atomic E-state index is 12.6. The van der Waals surface area contributed by atoms with E-state index in [0.717, 1.165) is 86.2 Å². The second-order valence-electron chi connectivity index (χ2n) is 8.62. The molecule has 0 radical (unpaired) electrons. The van der Waals surface area contributed by atoms with E-state index in [1.54, 1.807) is 25.6 Å². The Balaban J connectivity index is 1.25. The van der Waals surface area contributed by atoms with Crippen LogP contribution in [0.15, 0.2) is 18.2 Å². The molecule has 1 fully saturated rings. The number of fused-ring (bicyclic) bond motifs is 1. The van der Waals surface area contributed by atoms with Crippen LogP contribution in [-0.2, 0) is 24.2 Å². The molecule has 2 heterocycles. The lowest BCUT2D eigenvalue weighted by atomic mass is 9.96. The van der Waals surface area contributed by atoms with E-state index in [1.807, 2.05) is 18.2 Å². The average Bonchev–Trinajstić information content (AvgIpc) is 3.20. The van der Waals surface area contributed by atoms with Gasteiger partial charge in [-0.1, -0.05) is 0 Å². The number of methoxy groups -OCH3 is 2. The molecule has 0 bridgehead atoms. The van der Waals surface area contributed by atoms with Crippen LogP contribution in [0.1, 0.15) is 40.8 Å². The van der Waals surface area contributed by atoms with Gasteiger partial charge in [0.25, 0.3) is 0 Å². The van der Waals surface area contributed by atoms with Gasteiger partial charge >= 0.3 is 0 Å². The number of piperazine rings is 1. The first-order valence-electron chi connectivity index (χ1n) is 11.6. The number of thiophene rings is 1. The van der Waals surface area contributed by atoms with Crippen molar-refractivity contribution in [2.45, 2.75) is 38.6 Å². The minimum Gasteiger partial charge on any atom is -0.497 e. The third kappa shape index (κ3) is 5.67. The number of hydrogen-bond donors (Lipinski definition) is 1. The van der Waals surface area contributed by atoms with Crippen LogP contribution in [-0.4, -0.2) is 62.7 Å². The lowest BCUT2D eigenvalue weighted by Gasteiger charge is -2.34. The van der Waals surface area contributed by atoms with E-state index in [0.29, 0.717) is 12.0 Å². The van der Waals surface area contributed by atoms with E-state index < -0.39 is 0 Å². The van der Waals surface area contributed by atoms with Crippen LogP contribution in [0.4, 0.5) is 5.00 Å². The fraction of sp³-hybridized carbons (Fsp3) is 0.520. The van der Waals surface area contributed by atoms with Gasteiger partial charge < -0.3 is 19.7 Å². The maximum atomic E-state index is 12.6. The zero-order valence-corrected chi connectivity index (χ0v) is 20.3. The number of ether oxygens (including phenoxy) is 2. The van der Waals surface area contributed by atoms with Gasteiger partial charge in [0.05, 0.1) is 19.8 Å². The number of amides is 1. The fourth-order valence-electron chi connectivity index (χ4n) is 4.64. The van der Waals surface area contributed by atoms with Crippen LogP contribution in [0, 0.1) is 11.3 Å². The molecule has 1 amide bonds. The first kappa shape index (κ1) is 23.6. The summed E-state index contributed by atoms with van der Waals surface area (Å²) in [6.07, 6.45) is 4.72. The summed E-state index contributed by atoms with van der Waals surface area (Å²) in [5, 5.41) is 13.3. The van der Waals surface area contributed by atoms with Crippen molar-refractivity contribution in [3.63, 3.8) is 0 Å². The first-order chi connectivity index (χ1) is 16.1. The smallest absolute Gasteiger partial charge is 0.226 e. The number of carbonyl (C=O) groups is 1. The second-order valence-corrected chi connectivity index (χ2v) is 9.73. The highest BCUT2D eigenvalue weighted by Gasteiger charge is 2.23. The molecule has 4 rings (SSSR count). The minimum atomic E-state index is -0.00589. The Morgan fingerprint density at radius 2 is 1.88 bits per heavy atom. The summed E-state index contributed by atoms with van der Waals surface area (Å²) in [5.74, 6) is 1.71. The van der Waals surface area contributed by atoms with Crippen molar-refractivity contribution < 1.29 is 14.3 Å². The van der Waals surface area contributed by atoms with Crippen molar-refractivity contribution in [2.24, 2.45) is 0 Å². The Morgan fingerprint density at radius 3 is 2.61 bits per heavy atom. The van der Waals surface area contributed by atoms with E-state index in [-0.39, 0.29) is 5.91 Å². The lowest BCUT2D eigenvalue weighted by Crippen LogP contribution is -2.46. The van der Waals surface area contributed by atoms with Gasteiger partial charge in [-0.05, 0) is 49.4 Å². The highest BCUT2D eigenvalue weighted by Crippen LogP contribution is 2.37. The predicted octanol–water partition coefficient (Wildman–Crippen LogP) is 3.66. The van der Waals surface area contributed by atoms with E-state index in [4.69, 9.17) is 9.47 Å². The summed E-state index contributed by atoms with van der Waals surface area (Å²) < 4.78 is 10.9. The Morgan fingerprint density at radius 1 is 1.12 bits per heavy atom. The minimum absolute atomic E-state index is 0.00589. The molecule has 1 aliphatic carbocycles. The Bertz CT molecular complexity index is 1020. The number of benzene rings is 1. The first-order valence-corrected chi connectivity index (χ1v) is 12.4. The SMILES string of the molecule is COc1ccc(OC)c(CN2CCN(CCC(=O)Nc3sc4c(c3C#N)CCCC4)CC2)c1. The second kappa shape index (κ2) is 11.0. The van der Waals surface area contributed by atoms with E-state index in [2.05, 4.69) is 21.2 Å². The lowest BCUT2D eigenvalue weighted by molar-refractivity contribution is -0.116. The number of nitrogens with zero attached hydrogens (tertiary/aromatic N) is 3. The van der Waals surface area contributed by atoms with Gasteiger partial charge in [-0.3, -0.25) is 9.69 Å². The molecule has 1 aromatic heterocycles. The Kier molecular flexibility index (Phi) is 7.86. The van der Waals surface area contributed by atoms with Gasteiger partial charge in [0, 0.05) is 56.1 Å². The molecule has 1 aromatic carbocycles. The molecule has 1 aliphatic heterocycles. The number of nitriles is 1. The van der Waals surface area contributed by atoms with Crippen LogP contribution in [0.25, 0.3) is 0 Å². The third-order valence-corrected chi connectivity index (χ3v) is 7.74. The van der Waals surface area contributed by atoms with E-state index >= 15 is 0 Å². The van der Waals surface area contributed by atoms with Gasteiger partial charge in [-0.2, -0.15) is 5.26 Å². The van der Waals surface area contributed by atoms with Crippen molar-refractivity contribution >= 4 is 22.2 Å². The predicted molar refractivity (Wildman–Crippen MR) is 130 cm³/mol. The number of carbonyl (C=O) groups excluding carboxylic acids is 1. The Hall–Kier alpha value is -2.60. The highest BCUT2D eigenvalue weighted by molar-refractivity contribution is 7.16. The molecule has 2 aliphatic rings. The van der Waals surface area contributed by atoms with E-state index in [1.165, 1.54) is 11.3 Å². The summed E-state index contributed by atoms with van der Waals surface area (Å²) in [6, 6.07) is 8.21. The van der Waals surface area contributed by atoms with Gasteiger partial charge in [-0.25, -0.2) is 0 Å². The quantitative estimate of drug-likeness (QED) is 0.637. The standard InChI is InChI=1S/C25H32N4O3S/c1-31-19-7-8-22(32-2)18(15-19)17-29-13-11-28(12-14-29)10-9-24(30)27-25-21(16-26)20-5-3-4-6-23(20)33-25/h7-8,15H,3-6,9-14,17H2,1-2H3,(H,27,30). The molecule has 0 saturated carbocycles. The molecular weight excluding hydrogens is 436 g/mol. The van der Waals surface area contributed by atoms with Gasteiger partial charge in [0.15, 0.2) is 0 Å². The topological polar surface area (TPSA) is 77.8 Å². The van der Waals surface area contributed by atoms with E-state index in [9.17, 15) is 10.1 Å².